The summed E-state index contributed by atoms with van der Waals surface area (Å²) in [7, 11) is 0. The highest BCUT2D eigenvalue weighted by Gasteiger charge is 2.12. The van der Waals surface area contributed by atoms with Crippen LogP contribution in [0.3, 0.4) is 0 Å². The monoisotopic (exact) mass is 264 g/mol. The maximum atomic E-state index is 5.63. The van der Waals surface area contributed by atoms with E-state index < -0.39 is 0 Å². The molecule has 106 valence electrons. The number of nitrogens with one attached hydrogen (secondary N) is 2. The van der Waals surface area contributed by atoms with Crippen molar-refractivity contribution >= 4 is 0 Å². The second kappa shape index (κ2) is 7.48. The summed E-state index contributed by atoms with van der Waals surface area (Å²) in [6.45, 7) is 8.54. The van der Waals surface area contributed by atoms with Crippen molar-refractivity contribution in [2.24, 2.45) is 0 Å². The van der Waals surface area contributed by atoms with Crippen LogP contribution in [-0.2, 0) is 11.3 Å². The van der Waals surface area contributed by atoms with E-state index in [1.54, 1.807) is 0 Å². The maximum Gasteiger partial charge on any atom is 0.119 e. The molecule has 4 heteroatoms. The van der Waals surface area contributed by atoms with Crippen molar-refractivity contribution < 1.29 is 9.47 Å². The van der Waals surface area contributed by atoms with E-state index in [1.165, 1.54) is 5.56 Å². The smallest absolute Gasteiger partial charge is 0.119 e. The van der Waals surface area contributed by atoms with E-state index in [4.69, 9.17) is 9.47 Å². The number of ether oxygens (including phenoxy) is 2. The Labute approximate surface area is 115 Å². The molecule has 0 aromatic heterocycles. The van der Waals surface area contributed by atoms with Crippen LogP contribution in [-0.4, -0.2) is 38.4 Å². The van der Waals surface area contributed by atoms with Gasteiger partial charge in [-0.2, -0.15) is 0 Å². The molecule has 2 rings (SSSR count). The van der Waals surface area contributed by atoms with Crippen LogP contribution in [0.5, 0.6) is 5.75 Å². The van der Waals surface area contributed by atoms with Crippen molar-refractivity contribution in [3.63, 3.8) is 0 Å². The van der Waals surface area contributed by atoms with Gasteiger partial charge in [0, 0.05) is 26.2 Å². The van der Waals surface area contributed by atoms with Crippen molar-refractivity contribution in [1.82, 2.24) is 10.6 Å². The highest BCUT2D eigenvalue weighted by Crippen LogP contribution is 2.13. The molecule has 1 aromatic carbocycles. The first-order valence-corrected chi connectivity index (χ1v) is 7.02. The fourth-order valence-electron chi connectivity index (χ4n) is 2.09. The quantitative estimate of drug-likeness (QED) is 0.818. The fraction of sp³-hybridized carbons (Fsp3) is 0.600. The van der Waals surface area contributed by atoms with Gasteiger partial charge in [-0.1, -0.05) is 12.1 Å². The molecule has 4 nitrogen and oxygen atoms in total. The van der Waals surface area contributed by atoms with Crippen LogP contribution in [0.25, 0.3) is 0 Å². The highest BCUT2D eigenvalue weighted by molar-refractivity contribution is 5.27. The Bertz CT molecular complexity index is 359. The molecule has 0 radical (unpaired) electrons. The van der Waals surface area contributed by atoms with E-state index in [0.717, 1.165) is 38.5 Å². The van der Waals surface area contributed by atoms with Gasteiger partial charge in [-0.25, -0.2) is 0 Å². The van der Waals surface area contributed by atoms with Crippen LogP contribution in [0, 0.1) is 0 Å². The molecule has 19 heavy (non-hydrogen) atoms. The fourth-order valence-corrected chi connectivity index (χ4v) is 2.09. The van der Waals surface area contributed by atoms with Crippen molar-refractivity contribution in [3.05, 3.63) is 29.8 Å². The molecule has 0 spiro atoms. The third-order valence-corrected chi connectivity index (χ3v) is 3.00. The molecule has 0 aliphatic carbocycles. The zero-order valence-electron chi connectivity index (χ0n) is 11.8. The summed E-state index contributed by atoms with van der Waals surface area (Å²) in [5.74, 6) is 0.929. The van der Waals surface area contributed by atoms with Gasteiger partial charge in [-0.15, -0.1) is 0 Å². The molecule has 0 amide bonds. The summed E-state index contributed by atoms with van der Waals surface area (Å²) in [6, 6.07) is 8.25. The average molecular weight is 264 g/mol. The number of hydrogen-bond acceptors (Lipinski definition) is 4. The van der Waals surface area contributed by atoms with Crippen LogP contribution >= 0.6 is 0 Å². The van der Waals surface area contributed by atoms with Crippen LogP contribution in [0.4, 0.5) is 0 Å². The first kappa shape index (κ1) is 14.3. The van der Waals surface area contributed by atoms with Gasteiger partial charge >= 0.3 is 0 Å². The molecule has 1 unspecified atom stereocenters. The van der Waals surface area contributed by atoms with Crippen LogP contribution < -0.4 is 15.4 Å². The van der Waals surface area contributed by atoms with Crippen molar-refractivity contribution in [3.8, 4) is 5.75 Å². The lowest BCUT2D eigenvalue weighted by atomic mass is 10.2. The Kier molecular flexibility index (Phi) is 5.63. The largest absolute Gasteiger partial charge is 0.491 e. The van der Waals surface area contributed by atoms with E-state index in [2.05, 4.69) is 22.8 Å². The molecular weight excluding hydrogens is 240 g/mol. The Morgan fingerprint density at radius 2 is 2.16 bits per heavy atom. The predicted octanol–water partition coefficient (Wildman–Crippen LogP) is 1.55. The van der Waals surface area contributed by atoms with E-state index in [-0.39, 0.29) is 12.2 Å². The first-order valence-electron chi connectivity index (χ1n) is 7.02. The molecule has 1 fully saturated rings. The molecule has 1 saturated heterocycles. The molecule has 1 aromatic rings. The molecule has 0 saturated carbocycles. The number of hydrogen-bond donors (Lipinski definition) is 2. The first-order chi connectivity index (χ1) is 9.24. The second-order valence-electron chi connectivity index (χ2n) is 5.14. The van der Waals surface area contributed by atoms with Gasteiger partial charge in [-0.05, 0) is 31.5 Å². The minimum Gasteiger partial charge on any atom is -0.491 e. The molecule has 1 aliphatic rings. The zero-order chi connectivity index (χ0) is 13.5. The molecule has 1 aliphatic heterocycles. The van der Waals surface area contributed by atoms with Gasteiger partial charge in [-0.3, -0.25) is 0 Å². The lowest BCUT2D eigenvalue weighted by Crippen LogP contribution is -2.43. The summed E-state index contributed by atoms with van der Waals surface area (Å²) >= 11 is 0. The standard InChI is InChI=1S/C15H24N2O2/c1-12(2)19-14-5-3-13(4-6-14)9-17-11-15-10-16-7-8-18-15/h3-6,12,15-17H,7-11H2,1-2H3. The Balaban J connectivity index is 1.70. The van der Waals surface area contributed by atoms with E-state index in [0.29, 0.717) is 0 Å². The van der Waals surface area contributed by atoms with Gasteiger partial charge in [0.05, 0.1) is 18.8 Å². The summed E-state index contributed by atoms with van der Waals surface area (Å²) in [5, 5.41) is 6.75. The molecule has 1 heterocycles. The van der Waals surface area contributed by atoms with E-state index >= 15 is 0 Å². The Hall–Kier alpha value is -1.10. The van der Waals surface area contributed by atoms with Gasteiger partial charge < -0.3 is 20.1 Å². The summed E-state index contributed by atoms with van der Waals surface area (Å²) in [4.78, 5) is 0. The Morgan fingerprint density at radius 1 is 1.37 bits per heavy atom. The maximum absolute atomic E-state index is 5.63. The minimum atomic E-state index is 0.222. The predicted molar refractivity (Wildman–Crippen MR) is 76.5 cm³/mol. The van der Waals surface area contributed by atoms with Gasteiger partial charge in [0.1, 0.15) is 5.75 Å². The van der Waals surface area contributed by atoms with E-state index in [9.17, 15) is 0 Å². The van der Waals surface area contributed by atoms with Crippen LogP contribution in [0.1, 0.15) is 19.4 Å². The number of benzene rings is 1. The third kappa shape index (κ3) is 5.19. The normalized spacial score (nSPS) is 19.6. The average Bonchev–Trinajstić information content (AvgIpc) is 2.41. The van der Waals surface area contributed by atoms with Gasteiger partial charge in [0.25, 0.3) is 0 Å². The Morgan fingerprint density at radius 3 is 2.79 bits per heavy atom. The SMILES string of the molecule is CC(C)Oc1ccc(CNCC2CNCCO2)cc1. The highest BCUT2D eigenvalue weighted by atomic mass is 16.5. The number of morpholine rings is 1. The lowest BCUT2D eigenvalue weighted by Gasteiger charge is -2.23. The number of rotatable bonds is 6. The van der Waals surface area contributed by atoms with Crippen LogP contribution in [0.15, 0.2) is 24.3 Å². The summed E-state index contributed by atoms with van der Waals surface area (Å²) < 4.78 is 11.3. The zero-order valence-corrected chi connectivity index (χ0v) is 11.8. The second-order valence-corrected chi connectivity index (χ2v) is 5.14. The molecule has 0 bridgehead atoms. The van der Waals surface area contributed by atoms with Crippen molar-refractivity contribution in [1.29, 1.82) is 0 Å². The van der Waals surface area contributed by atoms with Crippen molar-refractivity contribution in [2.75, 3.05) is 26.2 Å². The molecule has 2 N–H and O–H groups in total. The summed E-state index contributed by atoms with van der Waals surface area (Å²) in [6.07, 6.45) is 0.511. The lowest BCUT2D eigenvalue weighted by molar-refractivity contribution is 0.0290. The molecule has 1 atom stereocenters. The third-order valence-electron chi connectivity index (χ3n) is 3.00. The topological polar surface area (TPSA) is 42.5 Å². The van der Waals surface area contributed by atoms with Crippen molar-refractivity contribution in [2.45, 2.75) is 32.6 Å². The molecular formula is C15H24N2O2. The van der Waals surface area contributed by atoms with Crippen LogP contribution in [0.2, 0.25) is 0 Å². The van der Waals surface area contributed by atoms with Gasteiger partial charge in [0.2, 0.25) is 0 Å². The van der Waals surface area contributed by atoms with Gasteiger partial charge in [0.15, 0.2) is 0 Å². The summed E-state index contributed by atoms with van der Waals surface area (Å²) in [5.41, 5.74) is 1.26. The minimum absolute atomic E-state index is 0.222. The van der Waals surface area contributed by atoms with E-state index in [1.807, 2.05) is 26.0 Å².